The van der Waals surface area contributed by atoms with Crippen molar-refractivity contribution < 1.29 is 18.3 Å². The fourth-order valence-corrected chi connectivity index (χ4v) is 4.56. The standard InChI is InChI=1S/C18H22N2O4S/c1-20(10-11-21)16-8-5-9-17-18(16)25(22,23)19-15(13-24-17)12-14-6-3-2-4-7-14/h2-9,15,19,21H,10-13H2,1H3/t15-/m0/s1. The molecule has 0 aromatic heterocycles. The first kappa shape index (κ1) is 17.7. The second-order valence-electron chi connectivity index (χ2n) is 6.07. The van der Waals surface area contributed by atoms with E-state index < -0.39 is 10.0 Å². The van der Waals surface area contributed by atoms with Crippen LogP contribution in [0.25, 0.3) is 0 Å². The number of nitrogens with one attached hydrogen (secondary N) is 1. The van der Waals surface area contributed by atoms with Crippen molar-refractivity contribution in [2.45, 2.75) is 17.4 Å². The summed E-state index contributed by atoms with van der Waals surface area (Å²) >= 11 is 0. The number of rotatable bonds is 5. The zero-order chi connectivity index (χ0) is 17.9. The van der Waals surface area contributed by atoms with Gasteiger partial charge in [0.05, 0.1) is 18.3 Å². The van der Waals surface area contributed by atoms with Gasteiger partial charge in [0, 0.05) is 13.6 Å². The number of benzene rings is 2. The molecule has 0 saturated carbocycles. The highest BCUT2D eigenvalue weighted by atomic mass is 32.2. The third kappa shape index (κ3) is 3.95. The summed E-state index contributed by atoms with van der Waals surface area (Å²) in [4.78, 5) is 1.83. The largest absolute Gasteiger partial charge is 0.490 e. The molecule has 2 aromatic rings. The molecule has 1 heterocycles. The maximum absolute atomic E-state index is 12.9. The van der Waals surface area contributed by atoms with Crippen LogP contribution in [0.1, 0.15) is 5.56 Å². The summed E-state index contributed by atoms with van der Waals surface area (Å²) in [5, 5.41) is 9.16. The van der Waals surface area contributed by atoms with Gasteiger partial charge >= 0.3 is 0 Å². The fourth-order valence-electron chi connectivity index (χ4n) is 2.96. The molecule has 1 aliphatic rings. The fraction of sp³-hybridized carbons (Fsp3) is 0.333. The number of likely N-dealkylation sites (N-methyl/N-ethyl adjacent to an activating group) is 1. The van der Waals surface area contributed by atoms with Gasteiger partial charge in [-0.2, -0.15) is 0 Å². The number of sulfonamides is 1. The van der Waals surface area contributed by atoms with Crippen LogP contribution in [-0.4, -0.2) is 46.4 Å². The van der Waals surface area contributed by atoms with Gasteiger partial charge in [-0.15, -0.1) is 0 Å². The molecular weight excluding hydrogens is 340 g/mol. The Morgan fingerprint density at radius 1 is 1.20 bits per heavy atom. The first-order valence-corrected chi connectivity index (χ1v) is 9.63. The topological polar surface area (TPSA) is 78.9 Å². The molecule has 6 nitrogen and oxygen atoms in total. The van der Waals surface area contributed by atoms with E-state index >= 15 is 0 Å². The lowest BCUT2D eigenvalue weighted by atomic mass is 10.1. The normalized spacial score (nSPS) is 18.7. The molecule has 1 aliphatic heterocycles. The summed E-state index contributed by atoms with van der Waals surface area (Å²) < 4.78 is 34.4. The maximum Gasteiger partial charge on any atom is 0.246 e. The zero-order valence-corrected chi connectivity index (χ0v) is 14.9. The Kier molecular flexibility index (Phi) is 5.27. The number of hydrogen-bond donors (Lipinski definition) is 2. The Bertz CT molecular complexity index is 824. The van der Waals surface area contributed by atoms with E-state index in [1.807, 2.05) is 30.3 Å². The third-order valence-electron chi connectivity index (χ3n) is 4.16. The Morgan fingerprint density at radius 2 is 1.96 bits per heavy atom. The van der Waals surface area contributed by atoms with E-state index in [-0.39, 0.29) is 24.2 Å². The van der Waals surface area contributed by atoms with E-state index in [1.54, 1.807) is 30.1 Å². The maximum atomic E-state index is 12.9. The summed E-state index contributed by atoms with van der Waals surface area (Å²) in [7, 11) is -2.00. The number of hydrogen-bond acceptors (Lipinski definition) is 5. The lowest BCUT2D eigenvalue weighted by molar-refractivity contribution is 0.279. The Balaban J connectivity index is 1.92. The van der Waals surface area contributed by atoms with Crippen LogP contribution < -0.4 is 14.4 Å². The van der Waals surface area contributed by atoms with Crippen LogP contribution in [0.3, 0.4) is 0 Å². The van der Waals surface area contributed by atoms with Gasteiger partial charge in [-0.25, -0.2) is 13.1 Å². The predicted molar refractivity (Wildman–Crippen MR) is 96.5 cm³/mol. The average Bonchev–Trinajstić information content (AvgIpc) is 2.72. The van der Waals surface area contributed by atoms with E-state index in [1.165, 1.54) is 0 Å². The molecule has 0 bridgehead atoms. The second-order valence-corrected chi connectivity index (χ2v) is 7.72. The molecule has 7 heteroatoms. The molecule has 2 aromatic carbocycles. The monoisotopic (exact) mass is 362 g/mol. The minimum Gasteiger partial charge on any atom is -0.490 e. The van der Waals surface area contributed by atoms with Gasteiger partial charge in [0.2, 0.25) is 10.0 Å². The molecule has 0 aliphatic carbocycles. The summed E-state index contributed by atoms with van der Waals surface area (Å²) in [5.41, 5.74) is 1.56. The summed E-state index contributed by atoms with van der Waals surface area (Å²) in [5.74, 6) is 0.338. The van der Waals surface area contributed by atoms with Crippen LogP contribution in [0.5, 0.6) is 5.75 Å². The average molecular weight is 362 g/mol. The van der Waals surface area contributed by atoms with Crippen molar-refractivity contribution in [3.05, 3.63) is 54.1 Å². The zero-order valence-electron chi connectivity index (χ0n) is 14.1. The predicted octanol–water partition coefficient (Wildman–Crippen LogP) is 1.40. The lowest BCUT2D eigenvalue weighted by Gasteiger charge is -2.22. The van der Waals surface area contributed by atoms with E-state index in [0.29, 0.717) is 24.4 Å². The number of aliphatic hydroxyl groups excluding tert-OH is 1. The number of ether oxygens (including phenoxy) is 1. The highest BCUT2D eigenvalue weighted by Gasteiger charge is 2.31. The van der Waals surface area contributed by atoms with Crippen molar-refractivity contribution in [3.63, 3.8) is 0 Å². The number of aliphatic hydroxyl groups is 1. The highest BCUT2D eigenvalue weighted by Crippen LogP contribution is 2.35. The second kappa shape index (κ2) is 7.43. The van der Waals surface area contributed by atoms with Crippen LogP contribution >= 0.6 is 0 Å². The number of nitrogens with zero attached hydrogens (tertiary/aromatic N) is 1. The molecule has 3 rings (SSSR count). The van der Waals surface area contributed by atoms with E-state index in [4.69, 9.17) is 9.84 Å². The SMILES string of the molecule is CN(CCO)c1cccc2c1S(=O)(=O)N[C@@H](Cc1ccccc1)CO2. The van der Waals surface area contributed by atoms with Gasteiger partial charge in [-0.1, -0.05) is 36.4 Å². The van der Waals surface area contributed by atoms with Gasteiger partial charge in [0.15, 0.2) is 0 Å². The molecule has 0 fully saturated rings. The van der Waals surface area contributed by atoms with Crippen molar-refractivity contribution in [1.82, 2.24) is 4.72 Å². The quantitative estimate of drug-likeness (QED) is 0.841. The molecule has 0 spiro atoms. The number of anilines is 1. The molecule has 1 atom stereocenters. The highest BCUT2D eigenvalue weighted by molar-refractivity contribution is 7.89. The summed E-state index contributed by atoms with van der Waals surface area (Å²) in [6, 6.07) is 14.5. The van der Waals surface area contributed by atoms with Crippen molar-refractivity contribution >= 4 is 15.7 Å². The Hall–Kier alpha value is -2.09. The molecule has 134 valence electrons. The van der Waals surface area contributed by atoms with E-state index in [0.717, 1.165) is 5.56 Å². The molecule has 0 radical (unpaired) electrons. The Labute approximate surface area is 148 Å². The van der Waals surface area contributed by atoms with Crippen LogP contribution in [0.4, 0.5) is 5.69 Å². The molecule has 25 heavy (non-hydrogen) atoms. The summed E-state index contributed by atoms with van der Waals surface area (Å²) in [6.45, 7) is 0.527. The van der Waals surface area contributed by atoms with Crippen LogP contribution in [0.15, 0.2) is 53.4 Å². The van der Waals surface area contributed by atoms with Gasteiger partial charge in [0.1, 0.15) is 17.3 Å². The minimum absolute atomic E-state index is 0.0644. The number of fused-ring (bicyclic) bond motifs is 1. The Morgan fingerprint density at radius 3 is 2.68 bits per heavy atom. The molecule has 2 N–H and O–H groups in total. The molecule has 0 amide bonds. The minimum atomic E-state index is -3.74. The summed E-state index contributed by atoms with van der Waals surface area (Å²) in [6.07, 6.45) is 0.551. The smallest absolute Gasteiger partial charge is 0.246 e. The van der Waals surface area contributed by atoms with Gasteiger partial charge in [0.25, 0.3) is 0 Å². The molecule has 0 unspecified atom stereocenters. The molecular formula is C18H22N2O4S. The van der Waals surface area contributed by atoms with Crippen molar-refractivity contribution in [2.75, 3.05) is 31.7 Å². The van der Waals surface area contributed by atoms with Gasteiger partial charge in [-0.3, -0.25) is 0 Å². The van der Waals surface area contributed by atoms with Crippen molar-refractivity contribution in [3.8, 4) is 5.75 Å². The van der Waals surface area contributed by atoms with Gasteiger partial charge in [-0.05, 0) is 24.1 Å². The third-order valence-corrected chi connectivity index (χ3v) is 5.75. The van der Waals surface area contributed by atoms with Crippen molar-refractivity contribution in [1.29, 1.82) is 0 Å². The lowest BCUT2D eigenvalue weighted by Crippen LogP contribution is -2.38. The molecule has 0 saturated heterocycles. The van der Waals surface area contributed by atoms with Crippen LogP contribution in [0, 0.1) is 0 Å². The van der Waals surface area contributed by atoms with E-state index in [9.17, 15) is 8.42 Å². The van der Waals surface area contributed by atoms with Crippen LogP contribution in [0.2, 0.25) is 0 Å². The van der Waals surface area contributed by atoms with Gasteiger partial charge < -0.3 is 14.7 Å². The first-order chi connectivity index (χ1) is 12.0. The van der Waals surface area contributed by atoms with E-state index in [2.05, 4.69) is 4.72 Å². The van der Waals surface area contributed by atoms with Crippen molar-refractivity contribution in [2.24, 2.45) is 0 Å². The first-order valence-electron chi connectivity index (χ1n) is 8.15. The van der Waals surface area contributed by atoms with Crippen LogP contribution in [-0.2, 0) is 16.4 Å².